The van der Waals surface area contributed by atoms with Crippen molar-refractivity contribution >= 4 is 26.0 Å². The van der Waals surface area contributed by atoms with E-state index in [1.165, 1.54) is 13.2 Å². The number of benzene rings is 1. The Hall–Kier alpha value is -0.840. The van der Waals surface area contributed by atoms with Crippen molar-refractivity contribution in [2.75, 3.05) is 26.8 Å². The van der Waals surface area contributed by atoms with E-state index in [4.69, 9.17) is 9.84 Å². The molecule has 0 aliphatic rings. The first-order chi connectivity index (χ1) is 9.61. The minimum absolute atomic E-state index is 0.182. The quantitative estimate of drug-likeness (QED) is 0.805. The van der Waals surface area contributed by atoms with Gasteiger partial charge in [0.25, 0.3) is 0 Å². The third-order valence-electron chi connectivity index (χ3n) is 2.47. The Bertz CT molecular complexity index is 592. The lowest BCUT2D eigenvalue weighted by Gasteiger charge is -2.22. The molecule has 0 amide bonds. The smallest absolute Gasteiger partial charge is 0.402 e. The Morgan fingerprint density at radius 3 is 2.43 bits per heavy atom. The molecule has 0 spiro atoms. The van der Waals surface area contributed by atoms with E-state index in [-0.39, 0.29) is 9.20 Å². The Labute approximate surface area is 128 Å². The first-order valence-electron chi connectivity index (χ1n) is 5.63. The van der Waals surface area contributed by atoms with Gasteiger partial charge in [0.2, 0.25) is 10.0 Å². The third-order valence-corrected chi connectivity index (χ3v) is 4.93. The topological polar surface area (TPSA) is 66.8 Å². The number of halogens is 4. The molecule has 5 nitrogen and oxygen atoms in total. The predicted octanol–water partition coefficient (Wildman–Crippen LogP) is 2.00. The van der Waals surface area contributed by atoms with Gasteiger partial charge in [-0.25, -0.2) is 8.42 Å². The normalized spacial score (nSPS) is 12.7. The fourth-order valence-corrected chi connectivity index (χ4v) is 3.69. The summed E-state index contributed by atoms with van der Waals surface area (Å²) in [5.41, 5.74) is 0. The van der Waals surface area contributed by atoms with Crippen molar-refractivity contribution in [3.05, 3.63) is 22.7 Å². The molecule has 21 heavy (non-hydrogen) atoms. The molecule has 0 unspecified atom stereocenters. The van der Waals surface area contributed by atoms with E-state index in [1.807, 2.05) is 0 Å². The summed E-state index contributed by atoms with van der Waals surface area (Å²) in [6.45, 7) is -3.03. The minimum Gasteiger partial charge on any atom is -0.496 e. The average Bonchev–Trinajstić information content (AvgIpc) is 2.36. The first kappa shape index (κ1) is 18.2. The molecule has 0 atom stereocenters. The molecule has 1 aromatic rings. The molecule has 0 saturated heterocycles. The van der Waals surface area contributed by atoms with Crippen molar-refractivity contribution < 1.29 is 31.4 Å². The Balaban J connectivity index is 3.19. The van der Waals surface area contributed by atoms with Crippen LogP contribution in [-0.2, 0) is 10.0 Å². The van der Waals surface area contributed by atoms with Gasteiger partial charge in [-0.2, -0.15) is 17.5 Å². The van der Waals surface area contributed by atoms with E-state index < -0.39 is 35.9 Å². The zero-order chi connectivity index (χ0) is 16.3. The molecule has 120 valence electrons. The van der Waals surface area contributed by atoms with Gasteiger partial charge in [-0.1, -0.05) is 0 Å². The highest BCUT2D eigenvalue weighted by Crippen LogP contribution is 2.29. The molecule has 1 rings (SSSR count). The van der Waals surface area contributed by atoms with Gasteiger partial charge in [0.1, 0.15) is 12.3 Å². The largest absolute Gasteiger partial charge is 0.496 e. The second kappa shape index (κ2) is 6.95. The Morgan fingerprint density at radius 2 is 2.00 bits per heavy atom. The highest BCUT2D eigenvalue weighted by atomic mass is 79.9. The van der Waals surface area contributed by atoms with Gasteiger partial charge in [-0.05, 0) is 34.1 Å². The molecular formula is C11H13BrF3NO4S. The molecule has 0 aromatic heterocycles. The van der Waals surface area contributed by atoms with Crippen molar-refractivity contribution in [2.24, 2.45) is 0 Å². The number of hydrogen-bond acceptors (Lipinski definition) is 4. The van der Waals surface area contributed by atoms with E-state index in [9.17, 15) is 21.6 Å². The number of ether oxygens (including phenoxy) is 1. The molecule has 1 N–H and O–H groups in total. The number of rotatable bonds is 6. The minimum atomic E-state index is -4.70. The molecule has 0 saturated carbocycles. The second-order valence-electron chi connectivity index (χ2n) is 3.97. The molecular weight excluding hydrogens is 379 g/mol. The van der Waals surface area contributed by atoms with Crippen LogP contribution in [0.5, 0.6) is 5.75 Å². The number of alkyl halides is 3. The van der Waals surface area contributed by atoms with Gasteiger partial charge >= 0.3 is 6.18 Å². The maximum absolute atomic E-state index is 12.5. The lowest BCUT2D eigenvalue weighted by Crippen LogP contribution is -2.40. The summed E-state index contributed by atoms with van der Waals surface area (Å²) < 4.78 is 67.2. The van der Waals surface area contributed by atoms with E-state index >= 15 is 0 Å². The van der Waals surface area contributed by atoms with Crippen molar-refractivity contribution in [2.45, 2.75) is 11.1 Å². The molecule has 0 radical (unpaired) electrons. The van der Waals surface area contributed by atoms with Gasteiger partial charge in [0.05, 0.1) is 23.1 Å². The van der Waals surface area contributed by atoms with Gasteiger partial charge < -0.3 is 9.84 Å². The van der Waals surface area contributed by atoms with Crippen LogP contribution in [-0.4, -0.2) is 50.8 Å². The maximum Gasteiger partial charge on any atom is 0.402 e. The number of methoxy groups -OCH3 is 1. The van der Waals surface area contributed by atoms with Crippen LogP contribution in [0.4, 0.5) is 13.2 Å². The molecule has 0 heterocycles. The highest BCUT2D eigenvalue weighted by molar-refractivity contribution is 9.10. The maximum atomic E-state index is 12.5. The number of aliphatic hydroxyl groups excluding tert-OH is 1. The number of nitrogens with zero attached hydrogens (tertiary/aromatic N) is 1. The Morgan fingerprint density at radius 1 is 1.38 bits per heavy atom. The summed E-state index contributed by atoms with van der Waals surface area (Å²) >= 11 is 3.07. The van der Waals surface area contributed by atoms with Crippen molar-refractivity contribution in [1.82, 2.24) is 4.31 Å². The van der Waals surface area contributed by atoms with E-state index in [1.54, 1.807) is 0 Å². The summed E-state index contributed by atoms with van der Waals surface area (Å²) in [7, 11) is -3.01. The SMILES string of the molecule is COc1ccc(S(=O)(=O)N(CCO)CC(F)(F)F)cc1Br. The molecule has 0 bridgehead atoms. The van der Waals surface area contributed by atoms with Gasteiger partial charge in [0.15, 0.2) is 0 Å². The predicted molar refractivity (Wildman–Crippen MR) is 72.6 cm³/mol. The molecule has 0 fully saturated rings. The summed E-state index contributed by atoms with van der Waals surface area (Å²) in [6.07, 6.45) is -4.70. The standard InChI is InChI=1S/C11H13BrF3NO4S/c1-20-10-3-2-8(6-9(10)12)21(18,19)16(4-5-17)7-11(13,14)15/h2-3,6,17H,4-5,7H2,1H3. The fourth-order valence-electron chi connectivity index (χ4n) is 1.55. The van der Waals surface area contributed by atoms with E-state index in [0.717, 1.165) is 12.1 Å². The fraction of sp³-hybridized carbons (Fsp3) is 0.455. The third kappa shape index (κ3) is 4.83. The zero-order valence-corrected chi connectivity index (χ0v) is 13.3. The van der Waals surface area contributed by atoms with Crippen molar-refractivity contribution in [3.8, 4) is 5.75 Å². The molecule has 10 heteroatoms. The van der Waals surface area contributed by atoms with Gasteiger partial charge in [0, 0.05) is 6.54 Å². The number of aliphatic hydroxyl groups is 1. The van der Waals surface area contributed by atoms with Crippen LogP contribution in [0.3, 0.4) is 0 Å². The van der Waals surface area contributed by atoms with Crippen LogP contribution < -0.4 is 4.74 Å². The summed E-state index contributed by atoms with van der Waals surface area (Å²) in [4.78, 5) is -0.326. The van der Waals surface area contributed by atoms with Crippen LogP contribution in [0.2, 0.25) is 0 Å². The molecule has 0 aliphatic carbocycles. The lowest BCUT2D eigenvalue weighted by atomic mass is 10.3. The summed E-state index contributed by atoms with van der Waals surface area (Å²) in [5, 5.41) is 8.78. The van der Waals surface area contributed by atoms with Crippen LogP contribution in [0, 0.1) is 0 Å². The number of hydrogen-bond donors (Lipinski definition) is 1. The molecule has 0 aliphatic heterocycles. The lowest BCUT2D eigenvalue weighted by molar-refractivity contribution is -0.136. The van der Waals surface area contributed by atoms with E-state index in [0.29, 0.717) is 10.2 Å². The highest BCUT2D eigenvalue weighted by Gasteiger charge is 2.36. The van der Waals surface area contributed by atoms with Crippen LogP contribution >= 0.6 is 15.9 Å². The Kier molecular flexibility index (Phi) is 6.02. The van der Waals surface area contributed by atoms with Crippen LogP contribution in [0.15, 0.2) is 27.6 Å². The zero-order valence-electron chi connectivity index (χ0n) is 10.9. The van der Waals surface area contributed by atoms with Crippen molar-refractivity contribution in [1.29, 1.82) is 0 Å². The summed E-state index contributed by atoms with van der Waals surface area (Å²) in [6, 6.07) is 3.61. The van der Waals surface area contributed by atoms with Gasteiger partial charge in [-0.3, -0.25) is 0 Å². The van der Waals surface area contributed by atoms with Crippen LogP contribution in [0.1, 0.15) is 0 Å². The number of sulfonamides is 1. The monoisotopic (exact) mass is 391 g/mol. The second-order valence-corrected chi connectivity index (χ2v) is 6.77. The summed E-state index contributed by atoms with van der Waals surface area (Å²) in [5.74, 6) is 0.346. The molecule has 1 aromatic carbocycles. The van der Waals surface area contributed by atoms with Crippen LogP contribution in [0.25, 0.3) is 0 Å². The van der Waals surface area contributed by atoms with E-state index in [2.05, 4.69) is 15.9 Å². The average molecular weight is 392 g/mol. The first-order valence-corrected chi connectivity index (χ1v) is 7.86. The van der Waals surface area contributed by atoms with Gasteiger partial charge in [-0.15, -0.1) is 0 Å². The van der Waals surface area contributed by atoms with Crippen molar-refractivity contribution in [3.63, 3.8) is 0 Å².